The number of hydrogen-bond acceptors (Lipinski definition) is 2. The van der Waals surface area contributed by atoms with Gasteiger partial charge in [-0.05, 0) is 67.5 Å². The molecule has 1 aromatic heterocycles. The number of carbonyl (C=O) groups is 1. The number of ether oxygens (including phenoxy) is 1. The van der Waals surface area contributed by atoms with E-state index < -0.39 is 11.7 Å². The topological polar surface area (TPSA) is 54.1 Å². The zero-order valence-electron chi connectivity index (χ0n) is 16.1. The minimum atomic E-state index is -4.31. The summed E-state index contributed by atoms with van der Waals surface area (Å²) in [5.74, 6) is 1.12. The molecular formula is C23H21F3N2O2. The number of hydrogen-bond donors (Lipinski definition) is 2. The molecule has 2 aliphatic rings. The molecule has 4 nitrogen and oxygen atoms in total. The van der Waals surface area contributed by atoms with E-state index in [4.69, 9.17) is 4.74 Å². The first-order valence-electron chi connectivity index (χ1n) is 10.1. The van der Waals surface area contributed by atoms with Gasteiger partial charge in [-0.15, -0.1) is 0 Å². The molecule has 2 fully saturated rings. The maximum absolute atomic E-state index is 12.7. The van der Waals surface area contributed by atoms with E-state index in [1.54, 1.807) is 18.3 Å². The molecule has 0 saturated heterocycles. The Hall–Kier alpha value is -2.96. The molecule has 0 atom stereocenters. The molecule has 30 heavy (non-hydrogen) atoms. The van der Waals surface area contributed by atoms with Gasteiger partial charge in [0, 0.05) is 23.0 Å². The zero-order chi connectivity index (χ0) is 20.9. The number of alkyl halides is 3. The number of rotatable bonds is 5. The number of H-pyrrole nitrogens is 1. The highest BCUT2D eigenvalue weighted by atomic mass is 19.4. The van der Waals surface area contributed by atoms with E-state index in [1.165, 1.54) is 0 Å². The molecule has 3 aromatic rings. The van der Waals surface area contributed by atoms with E-state index >= 15 is 0 Å². The fourth-order valence-electron chi connectivity index (χ4n) is 3.93. The van der Waals surface area contributed by atoms with Crippen LogP contribution in [0, 0.1) is 5.92 Å². The van der Waals surface area contributed by atoms with Crippen molar-refractivity contribution >= 4 is 22.5 Å². The van der Waals surface area contributed by atoms with Crippen LogP contribution in [0.2, 0.25) is 0 Å². The monoisotopic (exact) mass is 414 g/mol. The molecule has 0 radical (unpaired) electrons. The van der Waals surface area contributed by atoms with Crippen LogP contribution in [0.4, 0.5) is 18.9 Å². The first-order valence-corrected chi connectivity index (χ1v) is 10.1. The smallest absolute Gasteiger partial charge is 0.416 e. The van der Waals surface area contributed by atoms with Gasteiger partial charge in [-0.25, -0.2) is 0 Å². The van der Waals surface area contributed by atoms with Crippen LogP contribution in [-0.4, -0.2) is 17.0 Å². The van der Waals surface area contributed by atoms with Crippen molar-refractivity contribution < 1.29 is 22.7 Å². The van der Waals surface area contributed by atoms with Gasteiger partial charge < -0.3 is 15.0 Å². The summed E-state index contributed by atoms with van der Waals surface area (Å²) in [6, 6.07) is 11.1. The van der Waals surface area contributed by atoms with Crippen LogP contribution in [0.5, 0.6) is 5.75 Å². The predicted molar refractivity (Wildman–Crippen MR) is 107 cm³/mol. The van der Waals surface area contributed by atoms with Crippen molar-refractivity contribution in [1.29, 1.82) is 0 Å². The summed E-state index contributed by atoms with van der Waals surface area (Å²) in [5.41, 5.74) is 1.96. The molecule has 7 heteroatoms. The van der Waals surface area contributed by atoms with E-state index in [-0.39, 0.29) is 23.8 Å². The van der Waals surface area contributed by atoms with Crippen molar-refractivity contribution in [2.45, 2.75) is 43.9 Å². The summed E-state index contributed by atoms with van der Waals surface area (Å²) in [7, 11) is 0. The minimum Gasteiger partial charge on any atom is -0.490 e. The van der Waals surface area contributed by atoms with Gasteiger partial charge in [0.25, 0.3) is 0 Å². The maximum Gasteiger partial charge on any atom is 0.416 e. The number of halogens is 3. The van der Waals surface area contributed by atoms with Crippen molar-refractivity contribution in [3.05, 3.63) is 59.8 Å². The number of amides is 1. The van der Waals surface area contributed by atoms with Crippen molar-refractivity contribution in [2.24, 2.45) is 5.92 Å². The molecular weight excluding hydrogens is 393 g/mol. The first-order chi connectivity index (χ1) is 14.4. The minimum absolute atomic E-state index is 0.0261. The van der Waals surface area contributed by atoms with Gasteiger partial charge in [0.15, 0.2) is 0 Å². The fraction of sp³-hybridized carbons (Fsp3) is 0.348. The van der Waals surface area contributed by atoms with Gasteiger partial charge in [0.2, 0.25) is 5.91 Å². The molecule has 5 rings (SSSR count). The lowest BCUT2D eigenvalue weighted by molar-refractivity contribution is -0.137. The standard InChI is InChI=1S/C23H21F3N2O2/c24-23(25,26)16-5-3-13(4-6-16)15-9-18(10-15)30-17-7-8-20-19(11-17)21(12-27-20)28-22(29)14-1-2-14/h3-8,11-12,14-15,18,27H,1-2,9-10H2,(H,28,29). The van der Waals surface area contributed by atoms with Gasteiger partial charge in [-0.3, -0.25) is 4.79 Å². The van der Waals surface area contributed by atoms with E-state index in [0.29, 0.717) is 0 Å². The Morgan fingerprint density at radius 3 is 2.47 bits per heavy atom. The van der Waals surface area contributed by atoms with E-state index in [9.17, 15) is 18.0 Å². The normalized spacial score (nSPS) is 21.3. The number of nitrogens with one attached hydrogen (secondary N) is 2. The van der Waals surface area contributed by atoms with Crippen molar-refractivity contribution in [1.82, 2.24) is 4.98 Å². The Morgan fingerprint density at radius 1 is 1.07 bits per heavy atom. The van der Waals surface area contributed by atoms with E-state index in [0.717, 1.165) is 65.7 Å². The van der Waals surface area contributed by atoms with Crippen LogP contribution in [0.15, 0.2) is 48.7 Å². The third-order valence-corrected chi connectivity index (χ3v) is 5.97. The predicted octanol–water partition coefficient (Wildman–Crippen LogP) is 5.86. The molecule has 0 spiro atoms. The average molecular weight is 414 g/mol. The van der Waals surface area contributed by atoms with Gasteiger partial charge in [0.1, 0.15) is 5.75 Å². The van der Waals surface area contributed by atoms with E-state index in [1.807, 2.05) is 18.2 Å². The number of aromatic amines is 1. The molecule has 1 amide bonds. The zero-order valence-corrected chi connectivity index (χ0v) is 16.1. The molecule has 0 bridgehead atoms. The average Bonchev–Trinajstić information content (AvgIpc) is 3.47. The highest BCUT2D eigenvalue weighted by molar-refractivity contribution is 6.03. The Kier molecular flexibility index (Phi) is 4.49. The van der Waals surface area contributed by atoms with E-state index in [2.05, 4.69) is 10.3 Å². The summed E-state index contributed by atoms with van der Waals surface area (Å²) in [6.07, 6.45) is 0.937. The van der Waals surface area contributed by atoms with Gasteiger partial charge in [-0.1, -0.05) is 12.1 Å². The largest absolute Gasteiger partial charge is 0.490 e. The second-order valence-electron chi connectivity index (χ2n) is 8.20. The summed E-state index contributed by atoms with van der Waals surface area (Å²) in [5, 5.41) is 3.88. The summed E-state index contributed by atoms with van der Waals surface area (Å²) in [6.45, 7) is 0. The quantitative estimate of drug-likeness (QED) is 0.549. The summed E-state index contributed by atoms with van der Waals surface area (Å²) >= 11 is 0. The Bertz CT molecular complexity index is 1080. The Balaban J connectivity index is 1.22. The van der Waals surface area contributed by atoms with Crippen LogP contribution in [-0.2, 0) is 11.0 Å². The SMILES string of the molecule is O=C(Nc1c[nH]c2ccc(OC3CC(c4ccc(C(F)(F)F)cc4)C3)cc12)C1CC1. The lowest BCUT2D eigenvalue weighted by Gasteiger charge is -2.35. The van der Waals surface area contributed by atoms with Crippen molar-refractivity contribution in [3.8, 4) is 5.75 Å². The maximum atomic E-state index is 12.7. The van der Waals surface area contributed by atoms with Crippen molar-refractivity contribution in [3.63, 3.8) is 0 Å². The second kappa shape index (κ2) is 7.07. The van der Waals surface area contributed by atoms with Crippen LogP contribution < -0.4 is 10.1 Å². The van der Waals surface area contributed by atoms with Crippen LogP contribution in [0.3, 0.4) is 0 Å². The lowest BCUT2D eigenvalue weighted by Crippen LogP contribution is -2.32. The van der Waals surface area contributed by atoms with Gasteiger partial charge in [0.05, 0.1) is 17.4 Å². The second-order valence-corrected chi connectivity index (χ2v) is 8.20. The van der Waals surface area contributed by atoms with Gasteiger partial charge >= 0.3 is 6.18 Å². The number of aromatic nitrogens is 1. The highest BCUT2D eigenvalue weighted by Gasteiger charge is 2.34. The Morgan fingerprint density at radius 2 is 1.80 bits per heavy atom. The molecule has 0 unspecified atom stereocenters. The molecule has 2 saturated carbocycles. The van der Waals surface area contributed by atoms with Crippen LogP contribution in [0.1, 0.15) is 42.7 Å². The highest BCUT2D eigenvalue weighted by Crippen LogP contribution is 2.41. The third-order valence-electron chi connectivity index (χ3n) is 5.97. The molecule has 2 N–H and O–H groups in total. The molecule has 2 aromatic carbocycles. The number of anilines is 1. The molecule has 156 valence electrons. The summed E-state index contributed by atoms with van der Waals surface area (Å²) in [4.78, 5) is 15.2. The molecule has 0 aliphatic heterocycles. The van der Waals surface area contributed by atoms with Crippen LogP contribution in [0.25, 0.3) is 10.9 Å². The number of carbonyl (C=O) groups excluding carboxylic acids is 1. The summed E-state index contributed by atoms with van der Waals surface area (Å²) < 4.78 is 44.2. The lowest BCUT2D eigenvalue weighted by atomic mass is 9.77. The van der Waals surface area contributed by atoms with Crippen molar-refractivity contribution in [2.75, 3.05) is 5.32 Å². The number of benzene rings is 2. The van der Waals surface area contributed by atoms with Gasteiger partial charge in [-0.2, -0.15) is 13.2 Å². The fourth-order valence-corrected chi connectivity index (χ4v) is 3.93. The third kappa shape index (κ3) is 3.76. The molecule has 2 aliphatic carbocycles. The Labute approximate surface area is 171 Å². The molecule has 1 heterocycles. The van der Waals surface area contributed by atoms with Crippen LogP contribution >= 0.6 is 0 Å². The number of fused-ring (bicyclic) bond motifs is 1. The first kappa shape index (κ1) is 19.0.